The van der Waals surface area contributed by atoms with Gasteiger partial charge in [0.1, 0.15) is 36.0 Å². The quantitative estimate of drug-likeness (QED) is 0.371. The predicted molar refractivity (Wildman–Crippen MR) is 96.7 cm³/mol. The highest BCUT2D eigenvalue weighted by Crippen LogP contribution is 2.36. The molecule has 3 aromatic rings. The van der Waals surface area contributed by atoms with Gasteiger partial charge in [0.2, 0.25) is 0 Å². The van der Waals surface area contributed by atoms with Crippen molar-refractivity contribution in [1.29, 1.82) is 0 Å². The van der Waals surface area contributed by atoms with Crippen LogP contribution in [0.4, 0.5) is 5.69 Å². The van der Waals surface area contributed by atoms with Crippen molar-refractivity contribution in [2.45, 2.75) is 0 Å². The molecule has 0 saturated carbocycles. The molecule has 0 atom stereocenters. The van der Waals surface area contributed by atoms with Crippen LogP contribution < -0.4 is 9.47 Å². The number of hydrogen-bond donors (Lipinski definition) is 2. The second kappa shape index (κ2) is 7.61. The number of benzene rings is 3. The molecule has 0 fully saturated rings. The van der Waals surface area contributed by atoms with Crippen LogP contribution in [0.5, 0.6) is 17.2 Å². The zero-order valence-electron chi connectivity index (χ0n) is 14.0. The molecule has 0 spiro atoms. The molecule has 0 aliphatic carbocycles. The number of nitrogens with zero attached hydrogens (tertiary/aromatic N) is 1. The first-order valence-electron chi connectivity index (χ1n) is 7.95. The average Bonchev–Trinajstić information content (AvgIpc) is 2.67. The zero-order chi connectivity index (χ0) is 19.4. The number of rotatable bonds is 7. The molecular weight excluding hydrogens is 354 g/mol. The normalized spacial score (nSPS) is 10.5. The molecule has 138 valence electrons. The number of nitro benzene ring substituents is 1. The van der Waals surface area contributed by atoms with Gasteiger partial charge in [-0.05, 0) is 18.2 Å². The van der Waals surface area contributed by atoms with Gasteiger partial charge < -0.3 is 19.7 Å². The van der Waals surface area contributed by atoms with E-state index < -0.39 is 10.9 Å². The lowest BCUT2D eigenvalue weighted by Gasteiger charge is -2.13. The summed E-state index contributed by atoms with van der Waals surface area (Å²) in [6.07, 6.45) is 0. The first-order valence-corrected chi connectivity index (χ1v) is 7.95. The Morgan fingerprint density at radius 2 is 1.63 bits per heavy atom. The van der Waals surface area contributed by atoms with Gasteiger partial charge in [-0.25, -0.2) is 4.79 Å². The number of carbonyl (C=O) groups is 1. The third kappa shape index (κ3) is 3.90. The fourth-order valence-electron chi connectivity index (χ4n) is 2.58. The van der Waals surface area contributed by atoms with Crippen molar-refractivity contribution in [3.63, 3.8) is 0 Å². The smallest absolute Gasteiger partial charge is 0.339 e. The highest BCUT2D eigenvalue weighted by molar-refractivity contribution is 6.03. The number of carboxylic acid groups (broad SMARTS) is 1. The summed E-state index contributed by atoms with van der Waals surface area (Å²) < 4.78 is 11.1. The van der Waals surface area contributed by atoms with E-state index in [1.807, 2.05) is 0 Å². The second-order valence-electron chi connectivity index (χ2n) is 5.57. The number of aromatic carboxylic acids is 1. The van der Waals surface area contributed by atoms with Crippen LogP contribution in [-0.4, -0.2) is 34.3 Å². The summed E-state index contributed by atoms with van der Waals surface area (Å²) in [7, 11) is 0. The highest BCUT2D eigenvalue weighted by atomic mass is 16.6. The molecule has 8 heteroatoms. The summed E-state index contributed by atoms with van der Waals surface area (Å²) in [6.45, 7) is 0.264. The van der Waals surface area contributed by atoms with Crippen LogP contribution in [0.15, 0.2) is 54.6 Å². The number of fused-ring (bicyclic) bond motifs is 1. The predicted octanol–water partition coefficient (Wildman–Crippen LogP) is 3.61. The van der Waals surface area contributed by atoms with Crippen LogP contribution in [0.1, 0.15) is 10.4 Å². The molecule has 0 saturated heterocycles. The molecule has 8 nitrogen and oxygen atoms in total. The Labute approximate surface area is 153 Å². The minimum absolute atomic E-state index is 0.0321. The third-order valence-corrected chi connectivity index (χ3v) is 3.87. The molecule has 0 amide bonds. The summed E-state index contributed by atoms with van der Waals surface area (Å²) in [5.74, 6) is -0.808. The van der Waals surface area contributed by atoms with E-state index in [2.05, 4.69) is 0 Å². The molecule has 0 aliphatic rings. The fraction of sp³-hybridized carbons (Fsp3) is 0.105. The summed E-state index contributed by atoms with van der Waals surface area (Å²) >= 11 is 0. The minimum Gasteiger partial charge on any atom is -0.506 e. The highest BCUT2D eigenvalue weighted by Gasteiger charge is 2.17. The van der Waals surface area contributed by atoms with Gasteiger partial charge in [-0.2, -0.15) is 0 Å². The number of phenols is 1. The van der Waals surface area contributed by atoms with Crippen molar-refractivity contribution in [3.05, 3.63) is 70.3 Å². The molecule has 3 aromatic carbocycles. The lowest BCUT2D eigenvalue weighted by atomic mass is 10.0. The van der Waals surface area contributed by atoms with Crippen LogP contribution in [0.3, 0.4) is 0 Å². The Hall–Kier alpha value is -3.81. The van der Waals surface area contributed by atoms with Crippen molar-refractivity contribution >= 4 is 22.4 Å². The molecule has 27 heavy (non-hydrogen) atoms. The van der Waals surface area contributed by atoms with Crippen molar-refractivity contribution in [2.75, 3.05) is 13.2 Å². The first kappa shape index (κ1) is 18.0. The summed E-state index contributed by atoms with van der Waals surface area (Å²) in [5.41, 5.74) is -0.282. The van der Waals surface area contributed by atoms with Gasteiger partial charge in [-0.3, -0.25) is 10.1 Å². The number of ether oxygens (including phenoxy) is 2. The van der Waals surface area contributed by atoms with E-state index in [4.69, 9.17) is 9.47 Å². The molecule has 0 bridgehead atoms. The minimum atomic E-state index is -1.26. The largest absolute Gasteiger partial charge is 0.506 e. The molecule has 0 aromatic heterocycles. The van der Waals surface area contributed by atoms with Gasteiger partial charge in [0, 0.05) is 22.9 Å². The van der Waals surface area contributed by atoms with Crippen molar-refractivity contribution in [3.8, 4) is 17.2 Å². The van der Waals surface area contributed by atoms with Crippen molar-refractivity contribution in [2.24, 2.45) is 0 Å². The third-order valence-electron chi connectivity index (χ3n) is 3.87. The van der Waals surface area contributed by atoms with Crippen molar-refractivity contribution in [1.82, 2.24) is 0 Å². The Kier molecular flexibility index (Phi) is 5.07. The summed E-state index contributed by atoms with van der Waals surface area (Å²) in [4.78, 5) is 21.4. The topological polar surface area (TPSA) is 119 Å². The van der Waals surface area contributed by atoms with E-state index in [1.165, 1.54) is 30.3 Å². The van der Waals surface area contributed by atoms with Gasteiger partial charge in [-0.15, -0.1) is 0 Å². The van der Waals surface area contributed by atoms with Gasteiger partial charge >= 0.3 is 5.97 Å². The monoisotopic (exact) mass is 369 g/mol. The van der Waals surface area contributed by atoms with E-state index in [0.717, 1.165) is 0 Å². The molecule has 0 aliphatic heterocycles. The Bertz CT molecular complexity index is 999. The van der Waals surface area contributed by atoms with Crippen LogP contribution in [0.2, 0.25) is 0 Å². The number of hydrogen-bond acceptors (Lipinski definition) is 6. The van der Waals surface area contributed by atoms with E-state index in [9.17, 15) is 25.1 Å². The summed E-state index contributed by atoms with van der Waals surface area (Å²) in [6, 6.07) is 13.7. The number of aromatic hydroxyl groups is 1. The van der Waals surface area contributed by atoms with Gasteiger partial charge in [0.15, 0.2) is 0 Å². The van der Waals surface area contributed by atoms with E-state index >= 15 is 0 Å². The molecule has 2 N–H and O–H groups in total. The van der Waals surface area contributed by atoms with E-state index in [-0.39, 0.29) is 30.2 Å². The molecular formula is C19H15NO7. The molecule has 0 radical (unpaired) electrons. The van der Waals surface area contributed by atoms with Gasteiger partial charge in [-0.1, -0.05) is 24.3 Å². The maximum atomic E-state index is 11.3. The Morgan fingerprint density at radius 1 is 1.00 bits per heavy atom. The van der Waals surface area contributed by atoms with Gasteiger partial charge in [0.25, 0.3) is 5.69 Å². The maximum Gasteiger partial charge on any atom is 0.339 e. The first-order chi connectivity index (χ1) is 13.0. The van der Waals surface area contributed by atoms with Gasteiger partial charge in [0.05, 0.1) is 4.92 Å². The summed E-state index contributed by atoms with van der Waals surface area (Å²) in [5, 5.41) is 30.9. The van der Waals surface area contributed by atoms with E-state index in [1.54, 1.807) is 24.3 Å². The van der Waals surface area contributed by atoms with E-state index in [0.29, 0.717) is 22.3 Å². The maximum absolute atomic E-state index is 11.3. The number of non-ortho nitro benzene ring substituents is 1. The van der Waals surface area contributed by atoms with Crippen LogP contribution in [-0.2, 0) is 0 Å². The zero-order valence-corrected chi connectivity index (χ0v) is 14.0. The van der Waals surface area contributed by atoms with Crippen LogP contribution >= 0.6 is 0 Å². The van der Waals surface area contributed by atoms with Crippen molar-refractivity contribution < 1.29 is 29.4 Å². The lowest BCUT2D eigenvalue weighted by molar-refractivity contribution is -0.384. The Morgan fingerprint density at radius 3 is 2.26 bits per heavy atom. The fourth-order valence-corrected chi connectivity index (χ4v) is 2.58. The number of nitro groups is 1. The van der Waals surface area contributed by atoms with Crippen LogP contribution in [0.25, 0.3) is 10.8 Å². The molecule has 3 rings (SSSR count). The SMILES string of the molecule is O=C(O)c1cc(OCCOc2ccc([N+](=O)[O-])cc2)c2ccccc2c1O. The number of carboxylic acids is 1. The van der Waals surface area contributed by atoms with Crippen LogP contribution in [0, 0.1) is 10.1 Å². The molecule has 0 heterocycles. The second-order valence-corrected chi connectivity index (χ2v) is 5.57. The molecule has 0 unspecified atom stereocenters. The Balaban J connectivity index is 1.70. The lowest BCUT2D eigenvalue weighted by Crippen LogP contribution is -2.10. The average molecular weight is 369 g/mol. The standard InChI is InChI=1S/C19H15NO7/c21-18-15-4-2-1-3-14(15)17(11-16(18)19(22)23)27-10-9-26-13-7-5-12(6-8-13)20(24)25/h1-8,11,21H,9-10H2,(H,22,23).